The second kappa shape index (κ2) is 3.42. The maximum Gasteiger partial charge on any atom is 0.197 e. The van der Waals surface area contributed by atoms with Crippen molar-refractivity contribution in [1.82, 2.24) is 9.97 Å². The number of hydrogen-bond acceptors (Lipinski definition) is 2. The Morgan fingerprint density at radius 3 is 2.80 bits per heavy atom. The van der Waals surface area contributed by atoms with Crippen molar-refractivity contribution in [2.75, 3.05) is 0 Å². The second-order valence-corrected chi connectivity index (χ2v) is 4.38. The number of aromatic nitrogens is 2. The highest BCUT2D eigenvalue weighted by Gasteiger charge is 2.17. The van der Waals surface area contributed by atoms with E-state index in [0.29, 0.717) is 4.73 Å². The molecule has 0 saturated carbocycles. The predicted molar refractivity (Wildman–Crippen MR) is 62.6 cm³/mol. The van der Waals surface area contributed by atoms with Crippen LogP contribution in [0.4, 0.5) is 0 Å². The molecule has 2 nitrogen and oxygen atoms in total. The quantitative estimate of drug-likeness (QED) is 0.681. The molecule has 3 heteroatoms. The topological polar surface area (TPSA) is 25.8 Å². The standard InChI is InChI=1S/C12H9BrN2/c13-12-14-7-9-6-5-8-3-1-2-4-10(8)11(9)15-12/h1-4,7H,5-6H2. The van der Waals surface area contributed by atoms with Gasteiger partial charge in [-0.25, -0.2) is 9.97 Å². The van der Waals surface area contributed by atoms with Gasteiger partial charge in [0.15, 0.2) is 4.73 Å². The minimum atomic E-state index is 0.665. The molecule has 0 amide bonds. The normalized spacial score (nSPS) is 13.1. The molecule has 1 heterocycles. The Morgan fingerprint density at radius 2 is 1.87 bits per heavy atom. The molecule has 15 heavy (non-hydrogen) atoms. The summed E-state index contributed by atoms with van der Waals surface area (Å²) in [6, 6.07) is 8.45. The van der Waals surface area contributed by atoms with Gasteiger partial charge in [-0.1, -0.05) is 24.3 Å². The van der Waals surface area contributed by atoms with Gasteiger partial charge >= 0.3 is 0 Å². The fourth-order valence-corrected chi connectivity index (χ4v) is 2.32. The van der Waals surface area contributed by atoms with E-state index in [1.54, 1.807) is 0 Å². The zero-order valence-corrected chi connectivity index (χ0v) is 9.66. The van der Waals surface area contributed by atoms with Gasteiger partial charge in [-0.2, -0.15) is 0 Å². The molecule has 0 fully saturated rings. The third-order valence-corrected chi connectivity index (χ3v) is 3.15. The van der Waals surface area contributed by atoms with Crippen LogP contribution in [0, 0.1) is 0 Å². The van der Waals surface area contributed by atoms with Gasteiger partial charge in [0.25, 0.3) is 0 Å². The van der Waals surface area contributed by atoms with Crippen molar-refractivity contribution in [1.29, 1.82) is 0 Å². The molecule has 1 aromatic heterocycles. The van der Waals surface area contributed by atoms with Gasteiger partial charge in [-0.15, -0.1) is 0 Å². The lowest BCUT2D eigenvalue weighted by Crippen LogP contribution is -2.06. The Labute approximate surface area is 96.5 Å². The fraction of sp³-hybridized carbons (Fsp3) is 0.167. The minimum Gasteiger partial charge on any atom is -0.230 e. The van der Waals surface area contributed by atoms with Gasteiger partial charge in [0.2, 0.25) is 0 Å². The lowest BCUT2D eigenvalue weighted by atomic mass is 9.90. The van der Waals surface area contributed by atoms with Crippen LogP contribution in [0.5, 0.6) is 0 Å². The Morgan fingerprint density at radius 1 is 1.07 bits per heavy atom. The van der Waals surface area contributed by atoms with Crippen molar-refractivity contribution >= 4 is 15.9 Å². The van der Waals surface area contributed by atoms with Gasteiger partial charge in [0.1, 0.15) is 0 Å². The molecule has 74 valence electrons. The van der Waals surface area contributed by atoms with E-state index in [1.165, 1.54) is 16.7 Å². The first-order chi connectivity index (χ1) is 7.34. The van der Waals surface area contributed by atoms with E-state index in [4.69, 9.17) is 0 Å². The van der Waals surface area contributed by atoms with Crippen LogP contribution in [0.25, 0.3) is 11.3 Å². The van der Waals surface area contributed by atoms with Gasteiger partial charge in [-0.3, -0.25) is 0 Å². The van der Waals surface area contributed by atoms with E-state index in [1.807, 2.05) is 6.20 Å². The fourth-order valence-electron chi connectivity index (χ4n) is 2.04. The largest absolute Gasteiger partial charge is 0.230 e. The molecule has 0 aliphatic heterocycles. The highest BCUT2D eigenvalue weighted by Crippen LogP contribution is 2.31. The van der Waals surface area contributed by atoms with Gasteiger partial charge < -0.3 is 0 Å². The molecule has 0 spiro atoms. The van der Waals surface area contributed by atoms with Gasteiger partial charge in [-0.05, 0) is 39.9 Å². The number of aryl methyl sites for hydroxylation is 2. The summed E-state index contributed by atoms with van der Waals surface area (Å²) in [5.74, 6) is 0. The van der Waals surface area contributed by atoms with E-state index in [9.17, 15) is 0 Å². The van der Waals surface area contributed by atoms with Crippen molar-refractivity contribution in [2.24, 2.45) is 0 Å². The summed E-state index contributed by atoms with van der Waals surface area (Å²) in [5.41, 5.74) is 4.97. The molecule has 0 atom stereocenters. The Balaban J connectivity index is 2.28. The van der Waals surface area contributed by atoms with Crippen molar-refractivity contribution < 1.29 is 0 Å². The van der Waals surface area contributed by atoms with Crippen molar-refractivity contribution in [3.05, 3.63) is 46.3 Å². The number of rotatable bonds is 0. The van der Waals surface area contributed by atoms with Crippen LogP contribution in [0.1, 0.15) is 11.1 Å². The third kappa shape index (κ3) is 1.47. The number of benzene rings is 1. The first-order valence-corrected chi connectivity index (χ1v) is 5.73. The zero-order chi connectivity index (χ0) is 10.3. The average molecular weight is 261 g/mol. The number of nitrogens with zero attached hydrogens (tertiary/aromatic N) is 2. The Hall–Kier alpha value is -1.22. The van der Waals surface area contributed by atoms with E-state index in [0.717, 1.165) is 18.5 Å². The van der Waals surface area contributed by atoms with Crippen LogP contribution in [0.2, 0.25) is 0 Å². The lowest BCUT2D eigenvalue weighted by molar-refractivity contribution is 0.903. The molecule has 0 unspecified atom stereocenters. The molecule has 3 rings (SSSR count). The molecule has 1 aliphatic carbocycles. The highest BCUT2D eigenvalue weighted by molar-refractivity contribution is 9.10. The summed E-state index contributed by atoms with van der Waals surface area (Å²) >= 11 is 3.32. The zero-order valence-electron chi connectivity index (χ0n) is 8.07. The maximum absolute atomic E-state index is 4.46. The highest BCUT2D eigenvalue weighted by atomic mass is 79.9. The summed E-state index contributed by atoms with van der Waals surface area (Å²) < 4.78 is 0.665. The Bertz CT molecular complexity index is 523. The summed E-state index contributed by atoms with van der Waals surface area (Å²) in [6.07, 6.45) is 4.05. The van der Waals surface area contributed by atoms with Crippen LogP contribution in [-0.2, 0) is 12.8 Å². The molecule has 1 aliphatic rings. The van der Waals surface area contributed by atoms with Crippen molar-refractivity contribution in [2.45, 2.75) is 12.8 Å². The van der Waals surface area contributed by atoms with E-state index < -0.39 is 0 Å². The summed E-state index contributed by atoms with van der Waals surface area (Å²) in [6.45, 7) is 0. The smallest absolute Gasteiger partial charge is 0.197 e. The number of halogens is 1. The van der Waals surface area contributed by atoms with Crippen molar-refractivity contribution in [3.63, 3.8) is 0 Å². The minimum absolute atomic E-state index is 0.665. The Kier molecular flexibility index (Phi) is 2.06. The molecule has 1 aromatic carbocycles. The summed E-state index contributed by atoms with van der Waals surface area (Å²) in [4.78, 5) is 8.63. The van der Waals surface area contributed by atoms with Gasteiger partial charge in [0, 0.05) is 11.8 Å². The first-order valence-electron chi connectivity index (χ1n) is 4.94. The SMILES string of the molecule is Brc1ncc2c(n1)-c1ccccc1CC2. The summed E-state index contributed by atoms with van der Waals surface area (Å²) in [7, 11) is 0. The van der Waals surface area contributed by atoms with E-state index in [-0.39, 0.29) is 0 Å². The number of hydrogen-bond donors (Lipinski definition) is 0. The molecule has 2 aromatic rings. The molecular formula is C12H9BrN2. The molecule has 0 radical (unpaired) electrons. The van der Waals surface area contributed by atoms with Crippen LogP contribution in [-0.4, -0.2) is 9.97 Å². The molecule has 0 saturated heterocycles. The monoisotopic (exact) mass is 260 g/mol. The summed E-state index contributed by atoms with van der Waals surface area (Å²) in [5, 5.41) is 0. The maximum atomic E-state index is 4.46. The molecule has 0 N–H and O–H groups in total. The van der Waals surface area contributed by atoms with Crippen LogP contribution in [0.3, 0.4) is 0 Å². The van der Waals surface area contributed by atoms with Crippen LogP contribution >= 0.6 is 15.9 Å². The molecule has 0 bridgehead atoms. The lowest BCUT2D eigenvalue weighted by Gasteiger charge is -2.17. The van der Waals surface area contributed by atoms with E-state index >= 15 is 0 Å². The van der Waals surface area contributed by atoms with Crippen molar-refractivity contribution in [3.8, 4) is 11.3 Å². The predicted octanol–water partition coefficient (Wildman–Crippen LogP) is 3.00. The third-order valence-electron chi connectivity index (χ3n) is 2.77. The van der Waals surface area contributed by atoms with Crippen LogP contribution in [0.15, 0.2) is 35.2 Å². The second-order valence-electron chi connectivity index (χ2n) is 3.67. The molecular weight excluding hydrogens is 252 g/mol. The first kappa shape index (κ1) is 9.04. The average Bonchev–Trinajstić information content (AvgIpc) is 2.29. The van der Waals surface area contributed by atoms with Crippen LogP contribution < -0.4 is 0 Å². The van der Waals surface area contributed by atoms with Gasteiger partial charge in [0.05, 0.1) is 5.69 Å². The number of fused-ring (bicyclic) bond motifs is 3. The van der Waals surface area contributed by atoms with E-state index in [2.05, 4.69) is 50.2 Å².